The van der Waals surface area contributed by atoms with Crippen molar-refractivity contribution < 1.29 is 9.59 Å². The van der Waals surface area contributed by atoms with Crippen molar-refractivity contribution >= 4 is 43.4 Å². The number of hydrogen-bond acceptors (Lipinski definition) is 2. The Bertz CT molecular complexity index is 893. The zero-order valence-electron chi connectivity index (χ0n) is 12.9. The highest BCUT2D eigenvalue weighted by Gasteiger charge is 2.40. The Morgan fingerprint density at radius 2 is 1.78 bits per heavy atom. The first kappa shape index (κ1) is 15.3. The van der Waals surface area contributed by atoms with Gasteiger partial charge in [0.05, 0.1) is 16.8 Å². The molecule has 1 heterocycles. The van der Waals surface area contributed by atoms with Crippen LogP contribution >= 0.6 is 31.9 Å². The van der Waals surface area contributed by atoms with E-state index < -0.39 is 0 Å². The van der Waals surface area contributed by atoms with Crippen molar-refractivity contribution in [2.24, 2.45) is 0 Å². The number of aromatic nitrogens is 1. The number of hydrogen-bond donors (Lipinski definition) is 0. The second kappa shape index (κ2) is 5.15. The second-order valence-electron chi connectivity index (χ2n) is 6.43. The number of rotatable bonds is 1. The largest absolute Gasteiger partial charge is 0.341 e. The van der Waals surface area contributed by atoms with E-state index in [0.29, 0.717) is 23.1 Å². The molecule has 23 heavy (non-hydrogen) atoms. The van der Waals surface area contributed by atoms with Crippen molar-refractivity contribution in [1.29, 1.82) is 0 Å². The fourth-order valence-electron chi connectivity index (χ4n) is 3.90. The van der Waals surface area contributed by atoms with Gasteiger partial charge in [0.1, 0.15) is 0 Å². The molecule has 0 aliphatic heterocycles. The molecule has 0 amide bonds. The predicted octanol–water partition coefficient (Wildman–Crippen LogP) is 5.32. The Labute approximate surface area is 151 Å². The molecule has 1 aromatic heterocycles. The lowest BCUT2D eigenvalue weighted by Gasteiger charge is -2.20. The van der Waals surface area contributed by atoms with Crippen LogP contribution in [0.1, 0.15) is 64.7 Å². The summed E-state index contributed by atoms with van der Waals surface area (Å²) in [5.74, 6) is 0.0820. The third-order valence-corrected chi connectivity index (χ3v) is 5.77. The summed E-state index contributed by atoms with van der Waals surface area (Å²) in [6.45, 7) is 4.21. The third-order valence-electron chi connectivity index (χ3n) is 4.68. The van der Waals surface area contributed by atoms with Gasteiger partial charge in [0, 0.05) is 38.2 Å². The molecule has 3 nitrogen and oxygen atoms in total. The van der Waals surface area contributed by atoms with Crippen LogP contribution in [0.3, 0.4) is 0 Å². The van der Waals surface area contributed by atoms with Crippen LogP contribution in [-0.2, 0) is 6.42 Å². The van der Waals surface area contributed by atoms with Crippen molar-refractivity contribution in [3.8, 4) is 11.3 Å². The molecule has 4 rings (SSSR count). The number of ketones is 2. The molecule has 0 unspecified atom stereocenters. The van der Waals surface area contributed by atoms with Gasteiger partial charge in [-0.15, -0.1) is 0 Å². The minimum atomic E-state index is -0.0275. The van der Waals surface area contributed by atoms with Crippen LogP contribution in [0.2, 0.25) is 0 Å². The maximum Gasteiger partial charge on any atom is 0.197 e. The molecule has 2 aliphatic carbocycles. The van der Waals surface area contributed by atoms with E-state index in [2.05, 4.69) is 50.3 Å². The Morgan fingerprint density at radius 3 is 2.48 bits per heavy atom. The standard InChI is InChI=1S/C18H15Br2NO2/c1-8(2)21-12-4-3-5-13(22)15(12)16-17(21)10-6-9(19)7-11(20)14(10)18(16)23/h6-8H,3-5H2,1-2H3. The molecule has 5 heteroatoms. The fourth-order valence-corrected chi connectivity index (χ4v) is 5.30. The highest BCUT2D eigenvalue weighted by atomic mass is 79.9. The van der Waals surface area contributed by atoms with Crippen molar-refractivity contribution in [3.63, 3.8) is 0 Å². The molecule has 118 valence electrons. The number of benzene rings is 1. The number of fused-ring (bicyclic) bond motifs is 5. The summed E-state index contributed by atoms with van der Waals surface area (Å²) in [7, 11) is 0. The van der Waals surface area contributed by atoms with Crippen LogP contribution in [0, 0.1) is 0 Å². The summed E-state index contributed by atoms with van der Waals surface area (Å²) in [4.78, 5) is 25.6. The zero-order chi connectivity index (χ0) is 16.5. The molecule has 0 atom stereocenters. The van der Waals surface area contributed by atoms with Gasteiger partial charge in [-0.05, 0) is 54.8 Å². The van der Waals surface area contributed by atoms with Crippen LogP contribution in [0.5, 0.6) is 0 Å². The van der Waals surface area contributed by atoms with Gasteiger partial charge in [-0.1, -0.05) is 15.9 Å². The highest BCUT2D eigenvalue weighted by Crippen LogP contribution is 2.48. The molecule has 0 bridgehead atoms. The Morgan fingerprint density at radius 1 is 1.04 bits per heavy atom. The van der Waals surface area contributed by atoms with Crippen LogP contribution in [0.15, 0.2) is 21.1 Å². The van der Waals surface area contributed by atoms with E-state index in [9.17, 15) is 9.59 Å². The Balaban J connectivity index is 2.15. The van der Waals surface area contributed by atoms with E-state index >= 15 is 0 Å². The molecule has 0 N–H and O–H groups in total. The van der Waals surface area contributed by atoms with Crippen LogP contribution in [0.25, 0.3) is 11.3 Å². The van der Waals surface area contributed by atoms with Crippen molar-refractivity contribution in [2.75, 3.05) is 0 Å². The van der Waals surface area contributed by atoms with Crippen LogP contribution in [0.4, 0.5) is 0 Å². The van der Waals surface area contributed by atoms with Gasteiger partial charge in [-0.3, -0.25) is 9.59 Å². The van der Waals surface area contributed by atoms with Gasteiger partial charge in [-0.25, -0.2) is 0 Å². The van der Waals surface area contributed by atoms with E-state index in [0.717, 1.165) is 38.7 Å². The quantitative estimate of drug-likeness (QED) is 0.517. The molecule has 2 aromatic rings. The van der Waals surface area contributed by atoms with E-state index in [1.54, 1.807) is 0 Å². The van der Waals surface area contributed by atoms with Gasteiger partial charge in [0.15, 0.2) is 11.6 Å². The number of carbonyl (C=O) groups is 2. The molecule has 1 aromatic carbocycles. The molecular formula is C18H15Br2NO2. The minimum absolute atomic E-state index is 0.0275. The average molecular weight is 437 g/mol. The van der Waals surface area contributed by atoms with Gasteiger partial charge in [0.25, 0.3) is 0 Å². The first-order valence-electron chi connectivity index (χ1n) is 7.76. The molecule has 0 fully saturated rings. The number of nitrogens with zero attached hydrogens (tertiary/aromatic N) is 1. The smallest absolute Gasteiger partial charge is 0.197 e. The predicted molar refractivity (Wildman–Crippen MR) is 96.4 cm³/mol. The van der Waals surface area contributed by atoms with Crippen LogP contribution < -0.4 is 0 Å². The molecular weight excluding hydrogens is 422 g/mol. The third kappa shape index (κ3) is 1.99. The van der Waals surface area contributed by atoms with Crippen LogP contribution in [-0.4, -0.2) is 16.1 Å². The van der Waals surface area contributed by atoms with Crippen molar-refractivity contribution in [3.05, 3.63) is 43.5 Å². The number of carbonyl (C=O) groups excluding carboxylic acids is 2. The topological polar surface area (TPSA) is 39.1 Å². The van der Waals surface area contributed by atoms with Gasteiger partial charge >= 0.3 is 0 Å². The van der Waals surface area contributed by atoms with Gasteiger partial charge in [-0.2, -0.15) is 0 Å². The summed E-state index contributed by atoms with van der Waals surface area (Å²) in [5, 5.41) is 0. The summed E-state index contributed by atoms with van der Waals surface area (Å²) >= 11 is 7.03. The lowest BCUT2D eigenvalue weighted by Crippen LogP contribution is -2.16. The summed E-state index contributed by atoms with van der Waals surface area (Å²) < 4.78 is 3.89. The average Bonchev–Trinajstić information content (AvgIpc) is 2.94. The number of halogens is 2. The molecule has 0 spiro atoms. The maximum atomic E-state index is 13.1. The first-order valence-corrected chi connectivity index (χ1v) is 9.34. The zero-order valence-corrected chi connectivity index (χ0v) is 16.0. The molecule has 0 saturated carbocycles. The minimum Gasteiger partial charge on any atom is -0.341 e. The first-order chi connectivity index (χ1) is 10.9. The fraction of sp³-hybridized carbons (Fsp3) is 0.333. The molecule has 0 radical (unpaired) electrons. The van der Waals surface area contributed by atoms with E-state index in [1.807, 2.05) is 12.1 Å². The maximum absolute atomic E-state index is 13.1. The lowest BCUT2D eigenvalue weighted by atomic mass is 9.92. The summed E-state index contributed by atoms with van der Waals surface area (Å²) in [6.07, 6.45) is 2.27. The number of Topliss-reactive ketones (excluding diaryl/α,β-unsaturated/α-hetero) is 1. The Hall–Kier alpha value is -1.20. The monoisotopic (exact) mass is 435 g/mol. The van der Waals surface area contributed by atoms with Crippen molar-refractivity contribution in [1.82, 2.24) is 4.57 Å². The molecule has 0 saturated heterocycles. The normalized spacial score (nSPS) is 15.9. The van der Waals surface area contributed by atoms with E-state index in [1.165, 1.54) is 0 Å². The SMILES string of the molecule is CC(C)n1c2c(c3c1-c1cc(Br)cc(Br)c1C3=O)C(=O)CCC2. The van der Waals surface area contributed by atoms with Gasteiger partial charge in [0.2, 0.25) is 0 Å². The summed E-state index contributed by atoms with van der Waals surface area (Å²) in [5.41, 5.74) is 4.84. The van der Waals surface area contributed by atoms with Gasteiger partial charge < -0.3 is 4.57 Å². The van der Waals surface area contributed by atoms with E-state index in [-0.39, 0.29) is 17.6 Å². The Kier molecular flexibility index (Phi) is 3.43. The highest BCUT2D eigenvalue weighted by molar-refractivity contribution is 9.11. The van der Waals surface area contributed by atoms with Crippen molar-refractivity contribution in [2.45, 2.75) is 39.2 Å². The van der Waals surface area contributed by atoms with E-state index in [4.69, 9.17) is 0 Å². The second-order valence-corrected chi connectivity index (χ2v) is 8.20. The molecule has 2 aliphatic rings. The lowest BCUT2D eigenvalue weighted by molar-refractivity contribution is 0.0959. The summed E-state index contributed by atoms with van der Waals surface area (Å²) in [6, 6.07) is 4.07.